The molecule has 0 saturated heterocycles. The highest BCUT2D eigenvalue weighted by molar-refractivity contribution is 5.93. The molecule has 0 bridgehead atoms. The standard InChI is InChI=1S/C11H15NO2/c1-7-3-4-9(11(12)14)5-10(7)8(2)6-13/h3-5,8,13H,6H2,1-2H3,(H2,12,14)/t8-/m1/s1. The molecule has 0 aliphatic carbocycles. The normalized spacial score (nSPS) is 12.5. The van der Waals surface area contributed by atoms with Gasteiger partial charge in [0.05, 0.1) is 0 Å². The van der Waals surface area contributed by atoms with E-state index in [1.165, 1.54) is 0 Å². The predicted molar refractivity (Wildman–Crippen MR) is 55.2 cm³/mol. The number of aliphatic hydroxyl groups is 1. The van der Waals surface area contributed by atoms with Gasteiger partial charge in [0.25, 0.3) is 0 Å². The van der Waals surface area contributed by atoms with Crippen molar-refractivity contribution < 1.29 is 9.90 Å². The van der Waals surface area contributed by atoms with E-state index in [1.807, 2.05) is 19.9 Å². The largest absolute Gasteiger partial charge is 0.396 e. The van der Waals surface area contributed by atoms with E-state index in [4.69, 9.17) is 10.8 Å². The van der Waals surface area contributed by atoms with Crippen molar-refractivity contribution in [3.63, 3.8) is 0 Å². The Morgan fingerprint density at radius 3 is 2.71 bits per heavy atom. The molecule has 1 aromatic carbocycles. The van der Waals surface area contributed by atoms with E-state index in [1.54, 1.807) is 12.1 Å². The minimum Gasteiger partial charge on any atom is -0.396 e. The third-order valence-corrected chi connectivity index (χ3v) is 2.37. The maximum absolute atomic E-state index is 10.9. The molecule has 0 heterocycles. The number of nitrogens with two attached hydrogens (primary N) is 1. The Morgan fingerprint density at radius 2 is 2.21 bits per heavy atom. The molecule has 0 aliphatic heterocycles. The Morgan fingerprint density at radius 1 is 1.57 bits per heavy atom. The fourth-order valence-electron chi connectivity index (χ4n) is 1.42. The smallest absolute Gasteiger partial charge is 0.248 e. The van der Waals surface area contributed by atoms with Crippen LogP contribution in [0.2, 0.25) is 0 Å². The third-order valence-electron chi connectivity index (χ3n) is 2.37. The molecule has 1 rings (SSSR count). The lowest BCUT2D eigenvalue weighted by Gasteiger charge is -2.12. The number of aliphatic hydroxyl groups excluding tert-OH is 1. The maximum atomic E-state index is 10.9. The van der Waals surface area contributed by atoms with Crippen molar-refractivity contribution in [3.8, 4) is 0 Å². The van der Waals surface area contributed by atoms with Gasteiger partial charge in [0.2, 0.25) is 5.91 Å². The van der Waals surface area contributed by atoms with Crippen molar-refractivity contribution >= 4 is 5.91 Å². The minimum atomic E-state index is -0.434. The van der Waals surface area contributed by atoms with Gasteiger partial charge in [-0.2, -0.15) is 0 Å². The summed E-state index contributed by atoms with van der Waals surface area (Å²) >= 11 is 0. The topological polar surface area (TPSA) is 63.3 Å². The van der Waals surface area contributed by atoms with E-state index in [9.17, 15) is 4.79 Å². The number of carbonyl (C=O) groups is 1. The summed E-state index contributed by atoms with van der Waals surface area (Å²) in [7, 11) is 0. The first kappa shape index (κ1) is 10.7. The van der Waals surface area contributed by atoms with Crippen LogP contribution in [0.15, 0.2) is 18.2 Å². The Hall–Kier alpha value is -1.35. The Kier molecular flexibility index (Phi) is 3.25. The van der Waals surface area contributed by atoms with Crippen LogP contribution in [-0.2, 0) is 0 Å². The summed E-state index contributed by atoms with van der Waals surface area (Å²) in [5, 5.41) is 9.03. The molecule has 0 saturated carbocycles. The van der Waals surface area contributed by atoms with Crippen LogP contribution < -0.4 is 5.73 Å². The Bertz CT molecular complexity index is 347. The number of primary amides is 1. The second-order valence-corrected chi connectivity index (χ2v) is 3.52. The van der Waals surface area contributed by atoms with E-state index in [0.717, 1.165) is 11.1 Å². The maximum Gasteiger partial charge on any atom is 0.248 e. The lowest BCUT2D eigenvalue weighted by Crippen LogP contribution is -2.12. The molecule has 0 aromatic heterocycles. The molecule has 0 spiro atoms. The number of carbonyl (C=O) groups excluding carboxylic acids is 1. The summed E-state index contributed by atoms with van der Waals surface area (Å²) in [4.78, 5) is 10.9. The predicted octanol–water partition coefficient (Wildman–Crippen LogP) is 1.19. The van der Waals surface area contributed by atoms with Gasteiger partial charge in [0, 0.05) is 18.1 Å². The first-order chi connectivity index (χ1) is 6.56. The monoisotopic (exact) mass is 193 g/mol. The molecule has 76 valence electrons. The fraction of sp³-hybridized carbons (Fsp3) is 0.364. The van der Waals surface area contributed by atoms with Crippen molar-refractivity contribution in [2.24, 2.45) is 5.73 Å². The van der Waals surface area contributed by atoms with Crippen molar-refractivity contribution in [1.29, 1.82) is 0 Å². The Labute approximate surface area is 83.6 Å². The Balaban J connectivity index is 3.14. The van der Waals surface area contributed by atoms with Crippen LogP contribution in [0.1, 0.15) is 34.3 Å². The third kappa shape index (κ3) is 2.12. The number of hydrogen-bond donors (Lipinski definition) is 2. The lowest BCUT2D eigenvalue weighted by molar-refractivity contribution is 0.1000. The van der Waals surface area contributed by atoms with Gasteiger partial charge < -0.3 is 10.8 Å². The molecule has 3 heteroatoms. The fourth-order valence-corrected chi connectivity index (χ4v) is 1.42. The van der Waals surface area contributed by atoms with Crippen molar-refractivity contribution in [2.75, 3.05) is 6.61 Å². The number of amides is 1. The molecule has 1 atom stereocenters. The summed E-state index contributed by atoms with van der Waals surface area (Å²) < 4.78 is 0. The zero-order valence-corrected chi connectivity index (χ0v) is 8.45. The van der Waals surface area contributed by atoms with Gasteiger partial charge in [0.1, 0.15) is 0 Å². The second kappa shape index (κ2) is 4.24. The first-order valence-corrected chi connectivity index (χ1v) is 4.57. The average Bonchev–Trinajstić information content (AvgIpc) is 2.17. The highest BCUT2D eigenvalue weighted by Gasteiger charge is 2.09. The molecule has 14 heavy (non-hydrogen) atoms. The van der Waals surface area contributed by atoms with Crippen LogP contribution in [0.5, 0.6) is 0 Å². The molecule has 3 nitrogen and oxygen atoms in total. The summed E-state index contributed by atoms with van der Waals surface area (Å²) in [6, 6.07) is 5.30. The average molecular weight is 193 g/mol. The van der Waals surface area contributed by atoms with Gasteiger partial charge >= 0.3 is 0 Å². The van der Waals surface area contributed by atoms with E-state index in [2.05, 4.69) is 0 Å². The van der Waals surface area contributed by atoms with E-state index >= 15 is 0 Å². The summed E-state index contributed by atoms with van der Waals surface area (Å²) in [6.07, 6.45) is 0. The van der Waals surface area contributed by atoms with Gasteiger partial charge in [0.15, 0.2) is 0 Å². The molecule has 0 aliphatic rings. The molecular formula is C11H15NO2. The van der Waals surface area contributed by atoms with E-state index < -0.39 is 5.91 Å². The molecule has 1 amide bonds. The van der Waals surface area contributed by atoms with E-state index in [-0.39, 0.29) is 12.5 Å². The first-order valence-electron chi connectivity index (χ1n) is 4.57. The van der Waals surface area contributed by atoms with Gasteiger partial charge in [-0.1, -0.05) is 13.0 Å². The zero-order valence-electron chi connectivity index (χ0n) is 8.45. The lowest BCUT2D eigenvalue weighted by atomic mass is 9.95. The quantitative estimate of drug-likeness (QED) is 0.757. The van der Waals surface area contributed by atoms with Crippen LogP contribution in [0.4, 0.5) is 0 Å². The zero-order chi connectivity index (χ0) is 10.7. The van der Waals surface area contributed by atoms with Crippen molar-refractivity contribution in [3.05, 3.63) is 34.9 Å². The number of aryl methyl sites for hydroxylation is 1. The van der Waals surface area contributed by atoms with Crippen molar-refractivity contribution in [1.82, 2.24) is 0 Å². The molecule has 0 fully saturated rings. The van der Waals surface area contributed by atoms with Crippen LogP contribution in [0.25, 0.3) is 0 Å². The summed E-state index contributed by atoms with van der Waals surface area (Å²) in [6.45, 7) is 3.93. The van der Waals surface area contributed by atoms with Crippen LogP contribution in [0.3, 0.4) is 0 Å². The van der Waals surface area contributed by atoms with Crippen LogP contribution >= 0.6 is 0 Å². The molecule has 0 unspecified atom stereocenters. The van der Waals surface area contributed by atoms with Crippen LogP contribution in [0, 0.1) is 6.92 Å². The molecule has 0 radical (unpaired) electrons. The molecule has 3 N–H and O–H groups in total. The van der Waals surface area contributed by atoms with Gasteiger partial charge in [-0.15, -0.1) is 0 Å². The highest BCUT2D eigenvalue weighted by Crippen LogP contribution is 2.20. The van der Waals surface area contributed by atoms with Gasteiger partial charge in [-0.25, -0.2) is 0 Å². The number of hydrogen-bond acceptors (Lipinski definition) is 2. The summed E-state index contributed by atoms with van der Waals surface area (Å²) in [5.41, 5.74) is 7.71. The summed E-state index contributed by atoms with van der Waals surface area (Å²) in [5.74, 6) is -0.398. The van der Waals surface area contributed by atoms with Crippen LogP contribution in [-0.4, -0.2) is 17.6 Å². The van der Waals surface area contributed by atoms with Gasteiger partial charge in [-0.3, -0.25) is 4.79 Å². The second-order valence-electron chi connectivity index (χ2n) is 3.52. The van der Waals surface area contributed by atoms with E-state index in [0.29, 0.717) is 5.56 Å². The minimum absolute atomic E-state index is 0.0364. The highest BCUT2D eigenvalue weighted by atomic mass is 16.3. The molecular weight excluding hydrogens is 178 g/mol. The molecule has 1 aromatic rings. The number of benzene rings is 1. The van der Waals surface area contributed by atoms with Crippen molar-refractivity contribution in [2.45, 2.75) is 19.8 Å². The number of rotatable bonds is 3. The SMILES string of the molecule is Cc1ccc(C(N)=O)cc1[C@H](C)CO. The van der Waals surface area contributed by atoms with Gasteiger partial charge in [-0.05, 0) is 30.2 Å².